The van der Waals surface area contributed by atoms with Crippen molar-refractivity contribution in [3.05, 3.63) is 29.6 Å². The van der Waals surface area contributed by atoms with Crippen molar-refractivity contribution in [2.75, 3.05) is 11.1 Å². The van der Waals surface area contributed by atoms with Crippen LogP contribution in [0.3, 0.4) is 0 Å². The Bertz CT molecular complexity index is 578. The zero-order chi connectivity index (χ0) is 16.8. The number of thioether (sulfide) groups is 1. The smallest absolute Gasteiger partial charge is 0.251 e. The van der Waals surface area contributed by atoms with Crippen molar-refractivity contribution < 1.29 is 14.0 Å². The van der Waals surface area contributed by atoms with Crippen LogP contribution in [0.5, 0.6) is 0 Å². The van der Waals surface area contributed by atoms with Crippen LogP contribution in [0.2, 0.25) is 0 Å². The van der Waals surface area contributed by atoms with Crippen LogP contribution in [0.15, 0.2) is 18.2 Å². The molecule has 1 saturated carbocycles. The van der Waals surface area contributed by atoms with Gasteiger partial charge in [-0.25, -0.2) is 4.39 Å². The third-order valence-corrected chi connectivity index (χ3v) is 5.14. The van der Waals surface area contributed by atoms with Gasteiger partial charge in [0.1, 0.15) is 5.82 Å². The lowest BCUT2D eigenvalue weighted by atomic mass is 9.94. The van der Waals surface area contributed by atoms with Crippen molar-refractivity contribution in [1.29, 1.82) is 0 Å². The van der Waals surface area contributed by atoms with E-state index in [1.54, 1.807) is 0 Å². The summed E-state index contributed by atoms with van der Waals surface area (Å²) < 4.78 is 13.6. The first-order valence-electron chi connectivity index (χ1n) is 7.99. The van der Waals surface area contributed by atoms with E-state index < -0.39 is 5.82 Å². The van der Waals surface area contributed by atoms with Crippen molar-refractivity contribution in [3.63, 3.8) is 0 Å². The van der Waals surface area contributed by atoms with E-state index in [-0.39, 0.29) is 23.5 Å². The molecule has 1 aliphatic carbocycles. The molecule has 0 bridgehead atoms. The van der Waals surface area contributed by atoms with Crippen LogP contribution in [-0.2, 0) is 4.79 Å². The quantitative estimate of drug-likeness (QED) is 0.863. The number of hydrogen-bond acceptors (Lipinski definition) is 3. The summed E-state index contributed by atoms with van der Waals surface area (Å²) in [7, 11) is 0. The fourth-order valence-corrected chi connectivity index (χ4v) is 4.06. The lowest BCUT2D eigenvalue weighted by Crippen LogP contribution is -2.39. The zero-order valence-corrected chi connectivity index (χ0v) is 14.3. The topological polar surface area (TPSA) is 58.2 Å². The standard InChI is InChI=1S/C17H23FN2O2S/c1-3-23-14-6-4-5-13(10-14)20-17(22)12-7-8-15(18)16(9-12)19-11(2)21/h7-9,13-14H,3-6,10H2,1-2H3,(H,19,21)(H,20,22)/t13-,14-/m0/s1. The van der Waals surface area contributed by atoms with E-state index in [2.05, 4.69) is 17.6 Å². The van der Waals surface area contributed by atoms with Crippen LogP contribution < -0.4 is 10.6 Å². The molecule has 1 aromatic rings. The molecular weight excluding hydrogens is 315 g/mol. The lowest BCUT2D eigenvalue weighted by Gasteiger charge is -2.29. The van der Waals surface area contributed by atoms with Crippen molar-refractivity contribution in [1.82, 2.24) is 5.32 Å². The Balaban J connectivity index is 2.01. The fourth-order valence-electron chi connectivity index (χ4n) is 2.88. The molecule has 0 aliphatic heterocycles. The molecule has 1 fully saturated rings. The molecule has 0 spiro atoms. The van der Waals surface area contributed by atoms with Crippen molar-refractivity contribution in [2.45, 2.75) is 50.8 Å². The highest BCUT2D eigenvalue weighted by molar-refractivity contribution is 7.99. The number of halogens is 1. The van der Waals surface area contributed by atoms with E-state index in [1.165, 1.54) is 31.5 Å². The number of benzene rings is 1. The average Bonchev–Trinajstić information content (AvgIpc) is 2.49. The first kappa shape index (κ1) is 17.8. The lowest BCUT2D eigenvalue weighted by molar-refractivity contribution is -0.114. The van der Waals surface area contributed by atoms with Gasteiger partial charge in [-0.05, 0) is 43.2 Å². The summed E-state index contributed by atoms with van der Waals surface area (Å²) in [6, 6.07) is 4.19. The van der Waals surface area contributed by atoms with Gasteiger partial charge in [0, 0.05) is 23.8 Å². The minimum absolute atomic E-state index is 0.0354. The first-order chi connectivity index (χ1) is 11.0. The number of anilines is 1. The van der Waals surface area contributed by atoms with E-state index >= 15 is 0 Å². The third-order valence-electron chi connectivity index (χ3n) is 3.90. The number of nitrogens with one attached hydrogen (secondary N) is 2. The molecule has 0 unspecified atom stereocenters. The minimum atomic E-state index is -0.547. The largest absolute Gasteiger partial charge is 0.349 e. The van der Waals surface area contributed by atoms with Crippen LogP contribution in [0, 0.1) is 5.82 Å². The van der Waals surface area contributed by atoms with E-state index in [4.69, 9.17) is 0 Å². The molecule has 2 amide bonds. The van der Waals surface area contributed by atoms with Crippen molar-refractivity contribution >= 4 is 29.3 Å². The normalized spacial score (nSPS) is 20.8. The Labute approximate surface area is 140 Å². The Hall–Kier alpha value is -1.56. The summed E-state index contributed by atoms with van der Waals surface area (Å²) in [6.07, 6.45) is 4.27. The molecule has 1 aromatic carbocycles. The van der Waals surface area contributed by atoms with E-state index in [0.717, 1.165) is 25.0 Å². The van der Waals surface area contributed by atoms with Gasteiger partial charge in [-0.3, -0.25) is 9.59 Å². The highest BCUT2D eigenvalue weighted by Gasteiger charge is 2.23. The summed E-state index contributed by atoms with van der Waals surface area (Å²) in [5.74, 6) is -0.0469. The van der Waals surface area contributed by atoms with E-state index in [1.807, 2.05) is 11.8 Å². The number of rotatable bonds is 5. The summed E-state index contributed by atoms with van der Waals surface area (Å²) in [5, 5.41) is 6.03. The molecule has 0 heterocycles. The maximum absolute atomic E-state index is 13.6. The monoisotopic (exact) mass is 338 g/mol. The third kappa shape index (κ3) is 5.23. The molecule has 0 radical (unpaired) electrons. The van der Waals surface area contributed by atoms with Crippen LogP contribution >= 0.6 is 11.8 Å². The molecule has 2 atom stereocenters. The molecular formula is C17H23FN2O2S. The molecule has 6 heteroatoms. The van der Waals surface area contributed by atoms with Crippen molar-refractivity contribution in [2.24, 2.45) is 0 Å². The Kier molecular flexibility index (Phi) is 6.45. The first-order valence-corrected chi connectivity index (χ1v) is 9.04. The minimum Gasteiger partial charge on any atom is -0.349 e. The molecule has 126 valence electrons. The van der Waals surface area contributed by atoms with Gasteiger partial charge in [-0.1, -0.05) is 13.3 Å². The van der Waals surface area contributed by atoms with Gasteiger partial charge in [0.05, 0.1) is 5.69 Å². The molecule has 4 nitrogen and oxygen atoms in total. The fraction of sp³-hybridized carbons (Fsp3) is 0.529. The number of carbonyl (C=O) groups is 2. The predicted molar refractivity (Wildman–Crippen MR) is 92.3 cm³/mol. The van der Waals surface area contributed by atoms with Gasteiger partial charge >= 0.3 is 0 Å². The summed E-state index contributed by atoms with van der Waals surface area (Å²) in [5.41, 5.74) is 0.397. The van der Waals surface area contributed by atoms with Gasteiger partial charge in [0.25, 0.3) is 5.91 Å². The van der Waals surface area contributed by atoms with Crippen LogP contribution in [0.4, 0.5) is 10.1 Å². The van der Waals surface area contributed by atoms with Crippen LogP contribution in [0.25, 0.3) is 0 Å². The average molecular weight is 338 g/mol. The highest BCUT2D eigenvalue weighted by Crippen LogP contribution is 2.28. The second kappa shape index (κ2) is 8.34. The number of amides is 2. The van der Waals surface area contributed by atoms with Gasteiger partial charge in [0.15, 0.2) is 0 Å². The Morgan fingerprint density at radius 1 is 1.35 bits per heavy atom. The predicted octanol–water partition coefficient (Wildman–Crippen LogP) is 3.58. The van der Waals surface area contributed by atoms with E-state index in [9.17, 15) is 14.0 Å². The summed E-state index contributed by atoms with van der Waals surface area (Å²) in [6.45, 7) is 3.45. The Morgan fingerprint density at radius 2 is 2.13 bits per heavy atom. The zero-order valence-electron chi connectivity index (χ0n) is 13.5. The van der Waals surface area contributed by atoms with Crippen LogP contribution in [0.1, 0.15) is 49.9 Å². The van der Waals surface area contributed by atoms with Gasteiger partial charge in [-0.15, -0.1) is 0 Å². The van der Waals surface area contributed by atoms with Gasteiger partial charge < -0.3 is 10.6 Å². The second-order valence-electron chi connectivity index (χ2n) is 5.79. The SMILES string of the molecule is CCS[C@H]1CCC[C@H](NC(=O)c2ccc(F)c(NC(C)=O)c2)C1. The Morgan fingerprint density at radius 3 is 2.83 bits per heavy atom. The molecule has 2 N–H and O–H groups in total. The maximum atomic E-state index is 13.6. The van der Waals surface area contributed by atoms with Crippen LogP contribution in [-0.4, -0.2) is 28.9 Å². The number of hydrogen-bond donors (Lipinski definition) is 2. The maximum Gasteiger partial charge on any atom is 0.251 e. The van der Waals surface area contributed by atoms with E-state index in [0.29, 0.717) is 10.8 Å². The molecule has 0 saturated heterocycles. The van der Waals surface area contributed by atoms with Gasteiger partial charge in [0.2, 0.25) is 5.91 Å². The molecule has 0 aromatic heterocycles. The summed E-state index contributed by atoms with van der Waals surface area (Å²) >= 11 is 1.94. The number of carbonyl (C=O) groups excluding carboxylic acids is 2. The summed E-state index contributed by atoms with van der Waals surface area (Å²) in [4.78, 5) is 23.5. The molecule has 2 rings (SSSR count). The second-order valence-corrected chi connectivity index (χ2v) is 7.37. The van der Waals surface area contributed by atoms with Crippen molar-refractivity contribution in [3.8, 4) is 0 Å². The van der Waals surface area contributed by atoms with Gasteiger partial charge in [-0.2, -0.15) is 11.8 Å². The molecule has 23 heavy (non-hydrogen) atoms. The molecule has 1 aliphatic rings. The highest BCUT2D eigenvalue weighted by atomic mass is 32.2.